The monoisotopic (exact) mass is 358 g/mol. The normalized spacial score (nSPS) is 11.4. The Balaban J connectivity index is 2.37. The van der Waals surface area contributed by atoms with Crippen LogP contribution >= 0.6 is 0 Å². The van der Waals surface area contributed by atoms with E-state index in [-0.39, 0.29) is 5.91 Å². The summed E-state index contributed by atoms with van der Waals surface area (Å²) in [4.78, 5) is 11.9. The molecule has 0 aliphatic rings. The van der Waals surface area contributed by atoms with Crippen LogP contribution in [0.4, 0.5) is 5.69 Å². The second kappa shape index (κ2) is 9.48. The summed E-state index contributed by atoms with van der Waals surface area (Å²) >= 11 is 0. The molecule has 1 rings (SSSR count). The van der Waals surface area contributed by atoms with Gasteiger partial charge in [0.25, 0.3) is 0 Å². The number of benzene rings is 1. The number of nitrogens with one attached hydrogen (secondary N) is 2. The number of methoxy groups -OCH3 is 2. The molecule has 0 aromatic heterocycles. The fourth-order valence-electron chi connectivity index (χ4n) is 1.93. The van der Waals surface area contributed by atoms with Gasteiger partial charge in [0.1, 0.15) is 0 Å². The fraction of sp³-hybridized carbons (Fsp3) is 0.562. The number of carbonyl (C=O) groups excluding carboxylic acids is 1. The number of sulfonamides is 1. The minimum absolute atomic E-state index is 0.131. The molecule has 8 heteroatoms. The maximum absolute atomic E-state index is 11.9. The van der Waals surface area contributed by atoms with E-state index in [0.717, 1.165) is 0 Å². The van der Waals surface area contributed by atoms with Gasteiger partial charge in [0.15, 0.2) is 11.5 Å². The summed E-state index contributed by atoms with van der Waals surface area (Å²) in [6, 6.07) is 5.14. The molecule has 1 aromatic rings. The number of carbonyl (C=O) groups is 1. The van der Waals surface area contributed by atoms with Gasteiger partial charge >= 0.3 is 0 Å². The molecular formula is C16H26N2O5S. The van der Waals surface area contributed by atoms with E-state index in [1.807, 2.05) is 0 Å². The van der Waals surface area contributed by atoms with Crippen molar-refractivity contribution in [3.8, 4) is 11.5 Å². The zero-order chi connectivity index (χ0) is 18.2. The number of unbranched alkanes of at least 4 members (excludes halogenated alkanes) is 1. The SMILES string of the molecule is COc1ccc(NC(=O)CCCCNS(=O)(=O)C(C)C)cc1OC. The van der Waals surface area contributed by atoms with Crippen molar-refractivity contribution in [1.29, 1.82) is 0 Å². The average molecular weight is 358 g/mol. The lowest BCUT2D eigenvalue weighted by molar-refractivity contribution is -0.116. The summed E-state index contributed by atoms with van der Waals surface area (Å²) in [6.45, 7) is 3.59. The van der Waals surface area contributed by atoms with Gasteiger partial charge in [-0.05, 0) is 38.8 Å². The van der Waals surface area contributed by atoms with Crippen molar-refractivity contribution in [2.45, 2.75) is 38.4 Å². The topological polar surface area (TPSA) is 93.7 Å². The molecule has 0 aliphatic heterocycles. The summed E-state index contributed by atoms with van der Waals surface area (Å²) in [5.41, 5.74) is 0.623. The molecule has 7 nitrogen and oxygen atoms in total. The Bertz CT molecular complexity index is 644. The van der Waals surface area contributed by atoms with Crippen LogP contribution < -0.4 is 19.5 Å². The molecule has 0 atom stereocenters. The first kappa shape index (κ1) is 20.2. The Kier molecular flexibility index (Phi) is 8.00. The van der Waals surface area contributed by atoms with Crippen molar-refractivity contribution < 1.29 is 22.7 Å². The van der Waals surface area contributed by atoms with E-state index >= 15 is 0 Å². The third-order valence-corrected chi connectivity index (χ3v) is 5.27. The second-order valence-corrected chi connectivity index (χ2v) is 7.88. The van der Waals surface area contributed by atoms with Crippen LogP contribution in [0.15, 0.2) is 18.2 Å². The third kappa shape index (κ3) is 6.37. The van der Waals surface area contributed by atoms with E-state index in [0.29, 0.717) is 43.0 Å². The first-order valence-electron chi connectivity index (χ1n) is 7.80. The first-order valence-corrected chi connectivity index (χ1v) is 9.35. The molecular weight excluding hydrogens is 332 g/mol. The Morgan fingerprint density at radius 1 is 1.12 bits per heavy atom. The molecule has 0 aliphatic carbocycles. The number of hydrogen-bond donors (Lipinski definition) is 2. The van der Waals surface area contributed by atoms with Crippen LogP contribution in [0.5, 0.6) is 11.5 Å². The number of ether oxygens (including phenoxy) is 2. The minimum Gasteiger partial charge on any atom is -0.493 e. The molecule has 0 radical (unpaired) electrons. The van der Waals surface area contributed by atoms with Crippen molar-refractivity contribution in [2.75, 3.05) is 26.1 Å². The van der Waals surface area contributed by atoms with Gasteiger partial charge < -0.3 is 14.8 Å². The van der Waals surface area contributed by atoms with Crippen LogP contribution in [0.3, 0.4) is 0 Å². The van der Waals surface area contributed by atoms with Gasteiger partial charge in [0, 0.05) is 24.7 Å². The van der Waals surface area contributed by atoms with E-state index in [1.165, 1.54) is 7.11 Å². The van der Waals surface area contributed by atoms with E-state index in [4.69, 9.17) is 9.47 Å². The maximum Gasteiger partial charge on any atom is 0.224 e. The highest BCUT2D eigenvalue weighted by atomic mass is 32.2. The van der Waals surface area contributed by atoms with Crippen LogP contribution in [0.25, 0.3) is 0 Å². The molecule has 1 aromatic carbocycles. The zero-order valence-corrected chi connectivity index (χ0v) is 15.4. The van der Waals surface area contributed by atoms with Crippen LogP contribution in [-0.4, -0.2) is 40.3 Å². The lowest BCUT2D eigenvalue weighted by atomic mass is 10.2. The fourth-order valence-corrected chi connectivity index (χ4v) is 2.69. The summed E-state index contributed by atoms with van der Waals surface area (Å²) in [5, 5.41) is 2.33. The molecule has 0 heterocycles. The Morgan fingerprint density at radius 3 is 2.38 bits per heavy atom. The molecule has 24 heavy (non-hydrogen) atoms. The van der Waals surface area contributed by atoms with Gasteiger partial charge in [0.2, 0.25) is 15.9 Å². The van der Waals surface area contributed by atoms with Gasteiger partial charge in [-0.3, -0.25) is 4.79 Å². The smallest absolute Gasteiger partial charge is 0.224 e. The molecule has 0 saturated carbocycles. The van der Waals surface area contributed by atoms with E-state index in [9.17, 15) is 13.2 Å². The molecule has 0 bridgehead atoms. The third-order valence-electron chi connectivity index (χ3n) is 3.42. The number of anilines is 1. The highest BCUT2D eigenvalue weighted by Crippen LogP contribution is 2.29. The summed E-state index contributed by atoms with van der Waals surface area (Å²) < 4.78 is 36.0. The number of amides is 1. The van der Waals surface area contributed by atoms with Crippen molar-refractivity contribution in [3.05, 3.63) is 18.2 Å². The van der Waals surface area contributed by atoms with Crippen molar-refractivity contribution in [2.24, 2.45) is 0 Å². The molecule has 0 fully saturated rings. The molecule has 0 saturated heterocycles. The van der Waals surface area contributed by atoms with Crippen molar-refractivity contribution >= 4 is 21.6 Å². The van der Waals surface area contributed by atoms with Gasteiger partial charge in [0.05, 0.1) is 19.5 Å². The summed E-state index contributed by atoms with van der Waals surface area (Å²) in [5.74, 6) is 1.00. The molecule has 1 amide bonds. The molecule has 2 N–H and O–H groups in total. The van der Waals surface area contributed by atoms with Crippen LogP contribution in [0.2, 0.25) is 0 Å². The highest BCUT2D eigenvalue weighted by molar-refractivity contribution is 7.90. The van der Waals surface area contributed by atoms with E-state index < -0.39 is 15.3 Å². The van der Waals surface area contributed by atoms with Crippen molar-refractivity contribution in [3.63, 3.8) is 0 Å². The minimum atomic E-state index is -3.24. The Morgan fingerprint density at radius 2 is 1.79 bits per heavy atom. The van der Waals surface area contributed by atoms with Gasteiger partial charge in [-0.2, -0.15) is 0 Å². The number of hydrogen-bond acceptors (Lipinski definition) is 5. The largest absolute Gasteiger partial charge is 0.493 e. The second-order valence-electron chi connectivity index (χ2n) is 5.56. The Labute approximate surface area is 143 Å². The van der Waals surface area contributed by atoms with Gasteiger partial charge in [-0.1, -0.05) is 0 Å². The highest BCUT2D eigenvalue weighted by Gasteiger charge is 2.14. The Hall–Kier alpha value is -1.80. The number of rotatable bonds is 10. The lowest BCUT2D eigenvalue weighted by Crippen LogP contribution is -2.31. The summed E-state index contributed by atoms with van der Waals surface area (Å²) in [7, 11) is -0.163. The predicted octanol–water partition coefficient (Wildman–Crippen LogP) is 2.14. The van der Waals surface area contributed by atoms with Gasteiger partial charge in [-0.25, -0.2) is 13.1 Å². The van der Waals surface area contributed by atoms with Crippen LogP contribution in [0, 0.1) is 0 Å². The van der Waals surface area contributed by atoms with Crippen molar-refractivity contribution in [1.82, 2.24) is 4.72 Å². The zero-order valence-electron chi connectivity index (χ0n) is 14.6. The van der Waals surface area contributed by atoms with Gasteiger partial charge in [-0.15, -0.1) is 0 Å². The van der Waals surface area contributed by atoms with E-state index in [2.05, 4.69) is 10.0 Å². The van der Waals surface area contributed by atoms with Crippen LogP contribution in [-0.2, 0) is 14.8 Å². The predicted molar refractivity (Wildman–Crippen MR) is 94.1 cm³/mol. The first-order chi connectivity index (χ1) is 11.3. The molecule has 136 valence electrons. The quantitative estimate of drug-likeness (QED) is 0.625. The molecule has 0 spiro atoms. The van der Waals surface area contributed by atoms with Crippen LogP contribution in [0.1, 0.15) is 33.1 Å². The lowest BCUT2D eigenvalue weighted by Gasteiger charge is -2.11. The summed E-state index contributed by atoms with van der Waals surface area (Å²) in [6.07, 6.45) is 1.52. The standard InChI is InChI=1S/C16H26N2O5S/c1-12(2)24(20,21)17-10-6-5-7-16(19)18-13-8-9-14(22-3)15(11-13)23-4/h8-9,11-12,17H,5-7,10H2,1-4H3,(H,18,19). The average Bonchev–Trinajstić information content (AvgIpc) is 2.54. The molecule has 0 unspecified atom stereocenters. The van der Waals surface area contributed by atoms with E-state index in [1.54, 1.807) is 39.2 Å². The maximum atomic E-state index is 11.9.